The van der Waals surface area contributed by atoms with Gasteiger partial charge in [0.1, 0.15) is 0 Å². The van der Waals surface area contributed by atoms with E-state index in [2.05, 4.69) is 15.2 Å². The Morgan fingerprint density at radius 2 is 1.89 bits per heavy atom. The number of pyridine rings is 1. The quantitative estimate of drug-likeness (QED) is 0.899. The van der Waals surface area contributed by atoms with Crippen LogP contribution in [0.1, 0.15) is 12.8 Å². The van der Waals surface area contributed by atoms with Crippen LogP contribution in [0.4, 0.5) is 10.5 Å². The maximum atomic E-state index is 12.1. The van der Waals surface area contributed by atoms with E-state index in [0.29, 0.717) is 0 Å². The number of piperazine rings is 1. The molecule has 2 fully saturated rings. The van der Waals surface area contributed by atoms with Gasteiger partial charge in [-0.2, -0.15) is 0 Å². The van der Waals surface area contributed by atoms with Gasteiger partial charge < -0.3 is 10.2 Å². The summed E-state index contributed by atoms with van der Waals surface area (Å²) in [5, 5.41) is 2.91. The van der Waals surface area contributed by atoms with Crippen molar-refractivity contribution in [1.82, 2.24) is 14.8 Å². The molecule has 102 valence electrons. The molecule has 2 aliphatic rings. The Labute approximate surface area is 113 Å². The van der Waals surface area contributed by atoms with E-state index in [1.54, 1.807) is 24.5 Å². The van der Waals surface area contributed by atoms with Crippen LogP contribution in [0, 0.1) is 5.92 Å². The van der Waals surface area contributed by atoms with E-state index in [9.17, 15) is 4.79 Å². The first-order valence-corrected chi connectivity index (χ1v) is 6.99. The van der Waals surface area contributed by atoms with Crippen molar-refractivity contribution in [2.45, 2.75) is 12.8 Å². The number of aromatic nitrogens is 1. The Kier molecular flexibility index (Phi) is 3.64. The lowest BCUT2D eigenvalue weighted by Crippen LogP contribution is -2.50. The van der Waals surface area contributed by atoms with Crippen LogP contribution >= 0.6 is 0 Å². The number of rotatable bonds is 3. The van der Waals surface area contributed by atoms with E-state index in [1.807, 2.05) is 4.90 Å². The molecule has 19 heavy (non-hydrogen) atoms. The molecule has 0 bridgehead atoms. The third-order valence-electron chi connectivity index (χ3n) is 3.80. The van der Waals surface area contributed by atoms with Crippen molar-refractivity contribution < 1.29 is 4.79 Å². The summed E-state index contributed by atoms with van der Waals surface area (Å²) in [7, 11) is 0. The zero-order valence-electron chi connectivity index (χ0n) is 11.1. The van der Waals surface area contributed by atoms with Crippen molar-refractivity contribution in [3.63, 3.8) is 0 Å². The minimum Gasteiger partial charge on any atom is -0.322 e. The largest absolute Gasteiger partial charge is 0.322 e. The van der Waals surface area contributed by atoms with Crippen LogP contribution in [0.25, 0.3) is 0 Å². The van der Waals surface area contributed by atoms with Crippen LogP contribution in [-0.2, 0) is 0 Å². The summed E-state index contributed by atoms with van der Waals surface area (Å²) in [6, 6.07) is 3.61. The van der Waals surface area contributed by atoms with Crippen molar-refractivity contribution in [3.05, 3.63) is 24.5 Å². The maximum Gasteiger partial charge on any atom is 0.321 e. The van der Waals surface area contributed by atoms with Gasteiger partial charge in [-0.05, 0) is 30.9 Å². The molecule has 1 N–H and O–H groups in total. The van der Waals surface area contributed by atoms with Crippen LogP contribution in [0.3, 0.4) is 0 Å². The molecule has 1 aromatic heterocycles. The Hall–Kier alpha value is -1.62. The molecule has 1 saturated heterocycles. The molecule has 2 amide bonds. The molecule has 1 aliphatic carbocycles. The molecular formula is C14H20N4O. The van der Waals surface area contributed by atoms with Crippen LogP contribution in [0.2, 0.25) is 0 Å². The Morgan fingerprint density at radius 3 is 2.53 bits per heavy atom. The molecule has 1 aliphatic heterocycles. The maximum absolute atomic E-state index is 12.1. The Morgan fingerprint density at radius 1 is 1.21 bits per heavy atom. The predicted octanol–water partition coefficient (Wildman–Crippen LogP) is 1.64. The topological polar surface area (TPSA) is 48.5 Å². The van der Waals surface area contributed by atoms with Gasteiger partial charge in [-0.1, -0.05) is 0 Å². The lowest BCUT2D eigenvalue weighted by molar-refractivity contribution is 0.144. The monoisotopic (exact) mass is 260 g/mol. The Bertz CT molecular complexity index is 424. The van der Waals surface area contributed by atoms with Gasteiger partial charge in [0.25, 0.3) is 0 Å². The van der Waals surface area contributed by atoms with Crippen LogP contribution in [0.5, 0.6) is 0 Å². The molecule has 2 heterocycles. The first kappa shape index (κ1) is 12.4. The van der Waals surface area contributed by atoms with Crippen LogP contribution in [-0.4, -0.2) is 53.5 Å². The molecule has 3 rings (SSSR count). The van der Waals surface area contributed by atoms with E-state index in [4.69, 9.17) is 0 Å². The fraction of sp³-hybridized carbons (Fsp3) is 0.571. The molecular weight excluding hydrogens is 240 g/mol. The highest BCUT2D eigenvalue weighted by Gasteiger charge is 2.27. The number of amides is 2. The van der Waals surface area contributed by atoms with Crippen LogP contribution < -0.4 is 5.32 Å². The van der Waals surface area contributed by atoms with Crippen molar-refractivity contribution in [2.75, 3.05) is 38.0 Å². The van der Waals surface area contributed by atoms with E-state index >= 15 is 0 Å². The molecule has 0 atom stereocenters. The molecule has 5 nitrogen and oxygen atoms in total. The van der Waals surface area contributed by atoms with Gasteiger partial charge >= 0.3 is 6.03 Å². The normalized spacial score (nSPS) is 20.3. The highest BCUT2D eigenvalue weighted by atomic mass is 16.2. The number of nitrogens with one attached hydrogen (secondary N) is 1. The number of carbonyl (C=O) groups is 1. The van der Waals surface area contributed by atoms with Crippen molar-refractivity contribution in [1.29, 1.82) is 0 Å². The number of hydrogen-bond donors (Lipinski definition) is 1. The van der Waals surface area contributed by atoms with E-state index in [0.717, 1.165) is 37.8 Å². The van der Waals surface area contributed by atoms with Gasteiger partial charge in [-0.25, -0.2) is 4.79 Å². The summed E-state index contributed by atoms with van der Waals surface area (Å²) in [6.07, 6.45) is 6.15. The lowest BCUT2D eigenvalue weighted by Gasteiger charge is -2.34. The average molecular weight is 260 g/mol. The summed E-state index contributed by atoms with van der Waals surface area (Å²) in [4.78, 5) is 20.4. The first-order chi connectivity index (χ1) is 9.31. The lowest BCUT2D eigenvalue weighted by atomic mass is 10.3. The van der Waals surface area contributed by atoms with E-state index in [1.165, 1.54) is 19.4 Å². The van der Waals surface area contributed by atoms with Crippen molar-refractivity contribution in [2.24, 2.45) is 5.92 Å². The van der Waals surface area contributed by atoms with Gasteiger partial charge in [-0.15, -0.1) is 0 Å². The summed E-state index contributed by atoms with van der Waals surface area (Å²) in [5.74, 6) is 0.928. The third-order valence-corrected chi connectivity index (χ3v) is 3.80. The second kappa shape index (κ2) is 5.57. The molecule has 1 saturated carbocycles. The molecule has 0 spiro atoms. The summed E-state index contributed by atoms with van der Waals surface area (Å²) < 4.78 is 0. The van der Waals surface area contributed by atoms with Gasteiger partial charge in [0.15, 0.2) is 0 Å². The van der Waals surface area contributed by atoms with Gasteiger partial charge in [0, 0.05) is 50.8 Å². The molecule has 0 radical (unpaired) electrons. The number of urea groups is 1. The fourth-order valence-electron chi connectivity index (χ4n) is 2.44. The smallest absolute Gasteiger partial charge is 0.321 e. The average Bonchev–Trinajstić information content (AvgIpc) is 3.25. The van der Waals surface area contributed by atoms with Gasteiger partial charge in [0.2, 0.25) is 0 Å². The summed E-state index contributed by atoms with van der Waals surface area (Å²) in [5.41, 5.74) is 0.806. The van der Waals surface area contributed by atoms with Gasteiger partial charge in [-0.3, -0.25) is 9.88 Å². The standard InChI is InChI=1S/C14H20N4O/c19-14(16-13-3-5-15-6-4-13)18-9-7-17(8-10-18)11-12-1-2-12/h3-6,12H,1-2,7-11H2,(H,15,16,19). The van der Waals surface area contributed by atoms with Crippen molar-refractivity contribution in [3.8, 4) is 0 Å². The second-order valence-corrected chi connectivity index (χ2v) is 5.40. The zero-order valence-corrected chi connectivity index (χ0v) is 11.1. The number of hydrogen-bond acceptors (Lipinski definition) is 3. The zero-order chi connectivity index (χ0) is 13.1. The van der Waals surface area contributed by atoms with Crippen molar-refractivity contribution >= 4 is 11.7 Å². The number of nitrogens with zero attached hydrogens (tertiary/aromatic N) is 3. The first-order valence-electron chi connectivity index (χ1n) is 6.99. The highest BCUT2D eigenvalue weighted by molar-refractivity contribution is 5.89. The minimum absolute atomic E-state index is 0.00253. The summed E-state index contributed by atoms with van der Waals surface area (Å²) >= 11 is 0. The Balaban J connectivity index is 1.46. The summed E-state index contributed by atoms with van der Waals surface area (Å²) in [6.45, 7) is 4.87. The predicted molar refractivity (Wildman–Crippen MR) is 74.0 cm³/mol. The molecule has 5 heteroatoms. The number of anilines is 1. The molecule has 1 aromatic rings. The number of carbonyl (C=O) groups excluding carboxylic acids is 1. The fourth-order valence-corrected chi connectivity index (χ4v) is 2.44. The van der Waals surface area contributed by atoms with Gasteiger partial charge in [0.05, 0.1) is 0 Å². The van der Waals surface area contributed by atoms with E-state index in [-0.39, 0.29) is 6.03 Å². The SMILES string of the molecule is O=C(Nc1ccncc1)N1CCN(CC2CC2)CC1. The molecule has 0 aromatic carbocycles. The van der Waals surface area contributed by atoms with Crippen LogP contribution in [0.15, 0.2) is 24.5 Å². The molecule has 0 unspecified atom stereocenters. The third kappa shape index (κ3) is 3.44. The van der Waals surface area contributed by atoms with E-state index < -0.39 is 0 Å². The minimum atomic E-state index is -0.00253. The second-order valence-electron chi connectivity index (χ2n) is 5.40. The highest BCUT2D eigenvalue weighted by Crippen LogP contribution is 2.29.